The minimum Gasteiger partial charge on any atom is -0.348 e. The number of benzene rings is 2. The molecule has 1 amide bonds. The predicted octanol–water partition coefficient (Wildman–Crippen LogP) is 3.48. The van der Waals surface area contributed by atoms with E-state index in [1.54, 1.807) is 6.92 Å². The lowest BCUT2D eigenvalue weighted by atomic mass is 10.1. The Kier molecular flexibility index (Phi) is 6.91. The molecule has 0 aromatic heterocycles. The zero-order valence-electron chi connectivity index (χ0n) is 14.4. The molecule has 5 nitrogen and oxygen atoms in total. The average Bonchev–Trinajstić information content (AvgIpc) is 2.59. The van der Waals surface area contributed by atoms with Crippen LogP contribution >= 0.6 is 15.9 Å². The molecule has 0 aliphatic carbocycles. The Hall–Kier alpha value is -1.77. The minimum atomic E-state index is -3.87. The third kappa shape index (κ3) is 5.12. The summed E-state index contributed by atoms with van der Waals surface area (Å²) in [5.74, 6) is -0.933. The lowest BCUT2D eigenvalue weighted by Crippen LogP contribution is -2.41. The summed E-state index contributed by atoms with van der Waals surface area (Å²) in [4.78, 5) is 12.3. The van der Waals surface area contributed by atoms with Crippen molar-refractivity contribution in [3.8, 4) is 0 Å². The van der Waals surface area contributed by atoms with E-state index in [4.69, 9.17) is 0 Å². The second-order valence-corrected chi connectivity index (χ2v) is 8.58. The number of likely N-dealkylation sites (N-methyl/N-ethyl adjacent to an activating group) is 1. The average molecular weight is 443 g/mol. The summed E-state index contributed by atoms with van der Waals surface area (Å²) in [6.07, 6.45) is 0. The number of carbonyl (C=O) groups excluding carboxylic acids is 1. The molecule has 26 heavy (non-hydrogen) atoms. The highest BCUT2D eigenvalue weighted by atomic mass is 79.9. The number of nitrogens with zero attached hydrogens (tertiary/aromatic N) is 1. The fourth-order valence-electron chi connectivity index (χ4n) is 2.43. The summed E-state index contributed by atoms with van der Waals surface area (Å²) in [6, 6.07) is 11.8. The van der Waals surface area contributed by atoms with E-state index in [9.17, 15) is 17.6 Å². The summed E-state index contributed by atoms with van der Waals surface area (Å²) in [6.45, 7) is 3.28. The van der Waals surface area contributed by atoms with Crippen LogP contribution in [-0.4, -0.2) is 31.7 Å². The molecule has 0 heterocycles. The van der Waals surface area contributed by atoms with Crippen molar-refractivity contribution in [1.29, 1.82) is 0 Å². The summed E-state index contributed by atoms with van der Waals surface area (Å²) >= 11 is 3.38. The van der Waals surface area contributed by atoms with Gasteiger partial charge in [0.2, 0.25) is 15.9 Å². The number of nitrogens with one attached hydrogen (secondary N) is 1. The van der Waals surface area contributed by atoms with Gasteiger partial charge in [-0.3, -0.25) is 4.79 Å². The van der Waals surface area contributed by atoms with E-state index >= 15 is 0 Å². The molecule has 0 aliphatic rings. The van der Waals surface area contributed by atoms with Crippen molar-refractivity contribution < 1.29 is 17.6 Å². The van der Waals surface area contributed by atoms with Gasteiger partial charge in [0.25, 0.3) is 0 Å². The number of hydrogen-bond donors (Lipinski definition) is 1. The number of hydrogen-bond acceptors (Lipinski definition) is 3. The van der Waals surface area contributed by atoms with E-state index in [0.717, 1.165) is 26.5 Å². The lowest BCUT2D eigenvalue weighted by molar-refractivity contribution is -0.121. The fourth-order valence-corrected chi connectivity index (χ4v) is 4.25. The zero-order valence-corrected chi connectivity index (χ0v) is 16.8. The maximum Gasteiger partial charge on any atom is 0.243 e. The van der Waals surface area contributed by atoms with Crippen molar-refractivity contribution in [1.82, 2.24) is 9.62 Å². The van der Waals surface area contributed by atoms with Crippen molar-refractivity contribution >= 4 is 31.9 Å². The van der Waals surface area contributed by atoms with Crippen LogP contribution in [0.3, 0.4) is 0 Å². The molecule has 2 rings (SSSR count). The molecule has 0 unspecified atom stereocenters. The topological polar surface area (TPSA) is 66.5 Å². The normalized spacial score (nSPS) is 12.8. The van der Waals surface area contributed by atoms with Crippen molar-refractivity contribution in [3.63, 3.8) is 0 Å². The van der Waals surface area contributed by atoms with E-state index < -0.39 is 21.7 Å². The van der Waals surface area contributed by atoms with Crippen LogP contribution in [0.1, 0.15) is 25.5 Å². The standard InChI is InChI=1S/C18H20BrFN2O3S/c1-3-22(26(24,25)17-9-7-16(20)8-10-17)12-18(23)21-13(2)14-5-4-6-15(19)11-14/h4-11,13H,3,12H2,1-2H3,(H,21,23)/t13-/m1/s1. The van der Waals surface area contributed by atoms with Gasteiger partial charge in [-0.1, -0.05) is 35.0 Å². The molecule has 0 saturated carbocycles. The van der Waals surface area contributed by atoms with Gasteiger partial charge in [-0.15, -0.1) is 0 Å². The Bertz CT molecular complexity index is 872. The monoisotopic (exact) mass is 442 g/mol. The highest BCUT2D eigenvalue weighted by Crippen LogP contribution is 2.19. The maximum atomic E-state index is 13.0. The second-order valence-electron chi connectivity index (χ2n) is 5.73. The highest BCUT2D eigenvalue weighted by molar-refractivity contribution is 9.10. The van der Waals surface area contributed by atoms with E-state index in [-0.39, 0.29) is 24.0 Å². The molecule has 8 heteroatoms. The first-order valence-corrected chi connectivity index (χ1v) is 10.3. The quantitative estimate of drug-likeness (QED) is 0.713. The van der Waals surface area contributed by atoms with Gasteiger partial charge >= 0.3 is 0 Å². The molecular weight excluding hydrogens is 423 g/mol. The van der Waals surface area contributed by atoms with Gasteiger partial charge in [0.05, 0.1) is 17.5 Å². The van der Waals surface area contributed by atoms with Crippen LogP contribution in [0.4, 0.5) is 4.39 Å². The van der Waals surface area contributed by atoms with E-state index in [0.29, 0.717) is 0 Å². The first-order valence-electron chi connectivity index (χ1n) is 8.04. The lowest BCUT2D eigenvalue weighted by Gasteiger charge is -2.22. The zero-order chi connectivity index (χ0) is 19.3. The predicted molar refractivity (Wildman–Crippen MR) is 102 cm³/mol. The van der Waals surface area contributed by atoms with Gasteiger partial charge in [-0.2, -0.15) is 4.31 Å². The number of halogens is 2. The molecule has 0 spiro atoms. The number of sulfonamides is 1. The Morgan fingerprint density at radius 3 is 2.46 bits per heavy atom. The SMILES string of the molecule is CCN(CC(=O)N[C@H](C)c1cccc(Br)c1)S(=O)(=O)c1ccc(F)cc1. The van der Waals surface area contributed by atoms with Crippen molar-refractivity contribution in [2.45, 2.75) is 24.8 Å². The largest absolute Gasteiger partial charge is 0.348 e. The van der Waals surface area contributed by atoms with Crippen LogP contribution in [0.2, 0.25) is 0 Å². The Labute approximate surface area is 161 Å². The van der Waals surface area contributed by atoms with Gasteiger partial charge in [0.1, 0.15) is 5.82 Å². The van der Waals surface area contributed by atoms with E-state index in [1.807, 2.05) is 31.2 Å². The summed E-state index contributed by atoms with van der Waals surface area (Å²) in [5.41, 5.74) is 0.900. The first kappa shape index (κ1) is 20.5. The van der Waals surface area contributed by atoms with Crippen molar-refractivity contribution in [3.05, 3.63) is 64.4 Å². The van der Waals surface area contributed by atoms with Gasteiger partial charge in [-0.05, 0) is 48.9 Å². The van der Waals surface area contributed by atoms with Gasteiger partial charge in [0, 0.05) is 11.0 Å². The summed E-state index contributed by atoms with van der Waals surface area (Å²) in [7, 11) is -3.87. The molecule has 0 fully saturated rings. The maximum absolute atomic E-state index is 13.0. The van der Waals surface area contributed by atoms with E-state index in [2.05, 4.69) is 21.2 Å². The summed E-state index contributed by atoms with van der Waals surface area (Å²) < 4.78 is 40.2. The van der Waals surface area contributed by atoms with Crippen LogP contribution in [0.25, 0.3) is 0 Å². The Morgan fingerprint density at radius 1 is 1.23 bits per heavy atom. The van der Waals surface area contributed by atoms with Crippen molar-refractivity contribution in [2.24, 2.45) is 0 Å². The second kappa shape index (κ2) is 8.75. The van der Waals surface area contributed by atoms with Crippen LogP contribution in [-0.2, 0) is 14.8 Å². The van der Waals surface area contributed by atoms with Crippen molar-refractivity contribution in [2.75, 3.05) is 13.1 Å². The first-order chi connectivity index (χ1) is 12.2. The molecule has 140 valence electrons. The highest BCUT2D eigenvalue weighted by Gasteiger charge is 2.25. The van der Waals surface area contributed by atoms with E-state index in [1.165, 1.54) is 12.1 Å². The molecule has 1 atom stereocenters. The summed E-state index contributed by atoms with van der Waals surface area (Å²) in [5, 5.41) is 2.79. The fraction of sp³-hybridized carbons (Fsp3) is 0.278. The number of rotatable bonds is 7. The smallest absolute Gasteiger partial charge is 0.243 e. The molecule has 2 aromatic rings. The molecule has 2 aromatic carbocycles. The van der Waals surface area contributed by atoms with Gasteiger partial charge in [0.15, 0.2) is 0 Å². The third-order valence-corrected chi connectivity index (χ3v) is 6.28. The van der Waals surface area contributed by atoms with Crippen LogP contribution in [0.5, 0.6) is 0 Å². The Balaban J connectivity index is 2.09. The molecule has 0 saturated heterocycles. The van der Waals surface area contributed by atoms with Crippen LogP contribution in [0.15, 0.2) is 57.9 Å². The molecule has 0 bridgehead atoms. The molecular formula is C18H20BrFN2O3S. The third-order valence-electron chi connectivity index (χ3n) is 3.85. The Morgan fingerprint density at radius 2 is 1.88 bits per heavy atom. The van der Waals surface area contributed by atoms with Crippen LogP contribution in [0, 0.1) is 5.82 Å². The molecule has 0 aliphatic heterocycles. The minimum absolute atomic E-state index is 0.0476. The van der Waals surface area contributed by atoms with Crippen LogP contribution < -0.4 is 5.32 Å². The molecule has 1 N–H and O–H groups in total. The number of amides is 1. The van der Waals surface area contributed by atoms with Gasteiger partial charge < -0.3 is 5.32 Å². The molecule has 0 radical (unpaired) electrons. The van der Waals surface area contributed by atoms with Gasteiger partial charge in [-0.25, -0.2) is 12.8 Å². The number of carbonyl (C=O) groups is 1.